The van der Waals surface area contributed by atoms with Crippen molar-refractivity contribution in [3.63, 3.8) is 0 Å². The molecule has 0 unspecified atom stereocenters. The summed E-state index contributed by atoms with van der Waals surface area (Å²) in [7, 11) is -2.18. The molecule has 0 bridgehead atoms. The Bertz CT molecular complexity index is 923. The lowest BCUT2D eigenvalue weighted by Crippen LogP contribution is -2.31. The predicted octanol–water partition coefficient (Wildman–Crippen LogP) is 5.19. The van der Waals surface area contributed by atoms with Gasteiger partial charge in [0.2, 0.25) is 0 Å². The van der Waals surface area contributed by atoms with Crippen molar-refractivity contribution in [2.75, 3.05) is 0 Å². The Balaban J connectivity index is 2.35. The molecule has 8 heteroatoms. The smallest absolute Gasteiger partial charge is 0.253 e. The molecule has 2 aromatic carbocycles. The number of pyridine rings is 1. The fourth-order valence-corrected chi connectivity index (χ4v) is 5.45. The Morgan fingerprint density at radius 1 is 0.643 bits per heavy atom. The highest BCUT2D eigenvalue weighted by molar-refractivity contribution is 7.79. The van der Waals surface area contributed by atoms with Crippen molar-refractivity contribution >= 4 is 24.0 Å². The summed E-state index contributed by atoms with van der Waals surface area (Å²) in [5, 5.41) is -0.417. The highest BCUT2D eigenvalue weighted by atomic mass is 31.1. The first-order valence-electron chi connectivity index (χ1n) is 8.15. The van der Waals surface area contributed by atoms with Crippen molar-refractivity contribution in [1.29, 1.82) is 0 Å². The normalized spacial score (nSPS) is 12.4. The zero-order valence-electron chi connectivity index (χ0n) is 14.5. The molecule has 0 atom stereocenters. The topological polar surface area (TPSA) is 12.9 Å². The third kappa shape index (κ3) is 4.20. The zero-order chi connectivity index (χ0) is 20.5. The first-order valence-corrected chi connectivity index (χ1v) is 9.49. The van der Waals surface area contributed by atoms with Crippen LogP contribution in [0.4, 0.5) is 26.3 Å². The van der Waals surface area contributed by atoms with E-state index in [2.05, 4.69) is 4.98 Å². The van der Waals surface area contributed by atoms with E-state index in [-0.39, 0.29) is 16.0 Å². The van der Waals surface area contributed by atoms with E-state index in [0.717, 1.165) is 12.1 Å². The summed E-state index contributed by atoms with van der Waals surface area (Å²) in [5.74, 6) is 0. The maximum atomic E-state index is 13.6. The molecule has 0 radical (unpaired) electrons. The van der Waals surface area contributed by atoms with Crippen LogP contribution in [0.3, 0.4) is 0 Å². The molecule has 1 nitrogen and oxygen atoms in total. The molecule has 0 saturated carbocycles. The van der Waals surface area contributed by atoms with Crippen LogP contribution in [-0.4, -0.2) is 4.98 Å². The molecule has 1 heterocycles. The molecule has 0 N–H and O–H groups in total. The van der Waals surface area contributed by atoms with Crippen molar-refractivity contribution in [2.24, 2.45) is 0 Å². The van der Waals surface area contributed by atoms with Crippen LogP contribution in [0.25, 0.3) is 0 Å². The van der Waals surface area contributed by atoms with Gasteiger partial charge < -0.3 is 0 Å². The molecular weight excluding hydrogens is 399 g/mol. The number of halogens is 6. The van der Waals surface area contributed by atoms with Crippen LogP contribution in [0.15, 0.2) is 66.7 Å². The second-order valence-corrected chi connectivity index (χ2v) is 8.10. The van der Waals surface area contributed by atoms with Gasteiger partial charge in [0.15, 0.2) is 0 Å². The molecule has 1 aromatic heterocycles. The monoisotopic (exact) mass is 413 g/mol. The molecule has 0 aliphatic rings. The SMILES string of the molecule is Cc1cccc(P(c2ccccc2C(F)(F)F)c2ccccc2C(F)(F)F)n1. The molecule has 0 amide bonds. The number of hydrogen-bond donors (Lipinski definition) is 0. The third-order valence-electron chi connectivity index (χ3n) is 4.00. The van der Waals surface area contributed by atoms with Crippen LogP contribution in [-0.2, 0) is 12.4 Å². The van der Waals surface area contributed by atoms with Gasteiger partial charge in [-0.1, -0.05) is 42.5 Å². The fourth-order valence-electron chi connectivity index (χ4n) is 2.85. The van der Waals surface area contributed by atoms with Crippen molar-refractivity contribution < 1.29 is 26.3 Å². The lowest BCUT2D eigenvalue weighted by molar-refractivity contribution is -0.137. The second-order valence-electron chi connectivity index (χ2n) is 6.00. The van der Waals surface area contributed by atoms with E-state index < -0.39 is 31.4 Å². The van der Waals surface area contributed by atoms with E-state index in [1.165, 1.54) is 42.5 Å². The fraction of sp³-hybridized carbons (Fsp3) is 0.150. The third-order valence-corrected chi connectivity index (χ3v) is 6.45. The molecule has 3 aromatic rings. The largest absolute Gasteiger partial charge is 0.417 e. The maximum absolute atomic E-state index is 13.6. The van der Waals surface area contributed by atoms with E-state index in [0.29, 0.717) is 5.69 Å². The Labute approximate surface area is 158 Å². The Kier molecular flexibility index (Phi) is 5.48. The number of nitrogens with zero attached hydrogens (tertiary/aromatic N) is 1. The van der Waals surface area contributed by atoms with E-state index >= 15 is 0 Å². The molecule has 0 aliphatic carbocycles. The van der Waals surface area contributed by atoms with Gasteiger partial charge in [0.25, 0.3) is 0 Å². The minimum atomic E-state index is -4.70. The zero-order valence-corrected chi connectivity index (χ0v) is 15.4. The van der Waals surface area contributed by atoms with Gasteiger partial charge in [-0.3, -0.25) is 4.98 Å². The Morgan fingerprint density at radius 2 is 1.11 bits per heavy atom. The molecule has 0 spiro atoms. The highest BCUT2D eigenvalue weighted by Gasteiger charge is 2.40. The molecule has 3 rings (SSSR count). The molecule has 0 saturated heterocycles. The second kappa shape index (κ2) is 7.55. The van der Waals surface area contributed by atoms with E-state index in [4.69, 9.17) is 0 Å². The van der Waals surface area contributed by atoms with E-state index in [1.807, 2.05) is 0 Å². The molecule has 0 fully saturated rings. The lowest BCUT2D eigenvalue weighted by Gasteiger charge is -2.25. The van der Waals surface area contributed by atoms with Crippen LogP contribution in [0, 0.1) is 6.92 Å². The average Bonchev–Trinajstić information content (AvgIpc) is 2.61. The van der Waals surface area contributed by atoms with Crippen LogP contribution in [0.2, 0.25) is 0 Å². The Hall–Kier alpha value is -2.40. The highest BCUT2D eigenvalue weighted by Crippen LogP contribution is 2.42. The summed E-state index contributed by atoms with van der Waals surface area (Å²) in [4.78, 5) is 4.27. The quantitative estimate of drug-likeness (QED) is 0.426. The summed E-state index contributed by atoms with van der Waals surface area (Å²) < 4.78 is 81.7. The summed E-state index contributed by atoms with van der Waals surface area (Å²) >= 11 is 0. The first kappa shape index (κ1) is 20.3. The number of rotatable bonds is 3. The molecule has 28 heavy (non-hydrogen) atoms. The van der Waals surface area contributed by atoms with Crippen LogP contribution < -0.4 is 16.0 Å². The standard InChI is InChI=1S/C20H14F6NP/c1-13-7-6-12-18(27-13)28(16-10-4-2-8-14(16)19(21,22)23)17-11-5-3-9-15(17)20(24,25)26/h2-12H,1H3. The molecular formula is C20H14F6NP. The van der Waals surface area contributed by atoms with Gasteiger partial charge in [0, 0.05) is 13.6 Å². The van der Waals surface area contributed by atoms with Gasteiger partial charge in [-0.15, -0.1) is 0 Å². The Morgan fingerprint density at radius 3 is 1.54 bits per heavy atom. The van der Waals surface area contributed by atoms with Crippen molar-refractivity contribution in [2.45, 2.75) is 19.3 Å². The van der Waals surface area contributed by atoms with Crippen LogP contribution in [0.5, 0.6) is 0 Å². The number of alkyl halides is 6. The van der Waals surface area contributed by atoms with Gasteiger partial charge in [-0.05, 0) is 41.8 Å². The predicted molar refractivity (Wildman–Crippen MR) is 97.7 cm³/mol. The first-order chi connectivity index (χ1) is 13.1. The van der Waals surface area contributed by atoms with Crippen LogP contribution in [0.1, 0.15) is 16.8 Å². The number of benzene rings is 2. The number of hydrogen-bond acceptors (Lipinski definition) is 1. The van der Waals surface area contributed by atoms with Gasteiger partial charge in [-0.25, -0.2) is 0 Å². The minimum Gasteiger partial charge on any atom is -0.253 e. The summed E-state index contributed by atoms with van der Waals surface area (Å²) in [6.45, 7) is 1.64. The minimum absolute atomic E-state index is 0.184. The average molecular weight is 413 g/mol. The lowest BCUT2D eigenvalue weighted by atomic mass is 10.2. The van der Waals surface area contributed by atoms with Gasteiger partial charge >= 0.3 is 12.4 Å². The van der Waals surface area contributed by atoms with E-state index in [1.54, 1.807) is 19.1 Å². The van der Waals surface area contributed by atoms with Gasteiger partial charge in [-0.2, -0.15) is 26.3 Å². The number of aryl methyl sites for hydroxylation is 1. The van der Waals surface area contributed by atoms with E-state index in [9.17, 15) is 26.3 Å². The number of aromatic nitrogens is 1. The van der Waals surface area contributed by atoms with Crippen molar-refractivity contribution in [3.05, 3.63) is 83.6 Å². The van der Waals surface area contributed by atoms with Gasteiger partial charge in [0.05, 0.1) is 16.6 Å². The summed E-state index contributed by atoms with van der Waals surface area (Å²) in [5.41, 5.74) is -1.22. The maximum Gasteiger partial charge on any atom is 0.417 e. The van der Waals surface area contributed by atoms with Crippen molar-refractivity contribution in [1.82, 2.24) is 4.98 Å². The molecule has 0 aliphatic heterocycles. The van der Waals surface area contributed by atoms with Crippen molar-refractivity contribution in [3.8, 4) is 0 Å². The molecule has 146 valence electrons. The summed E-state index contributed by atoms with van der Waals surface area (Å²) in [6, 6.07) is 14.2. The van der Waals surface area contributed by atoms with Crippen LogP contribution >= 0.6 is 7.92 Å². The summed E-state index contributed by atoms with van der Waals surface area (Å²) in [6.07, 6.45) is -9.40. The van der Waals surface area contributed by atoms with Gasteiger partial charge in [0.1, 0.15) is 0 Å².